The Morgan fingerprint density at radius 3 is 2.64 bits per heavy atom. The second kappa shape index (κ2) is 15.9. The summed E-state index contributed by atoms with van der Waals surface area (Å²) >= 11 is 0. The van der Waals surface area contributed by atoms with Crippen molar-refractivity contribution in [1.29, 1.82) is 0 Å². The van der Waals surface area contributed by atoms with Crippen molar-refractivity contribution in [3.63, 3.8) is 0 Å². The smallest absolute Gasteiger partial charge is 0.321 e. The molecule has 212 valence electrons. The number of nitrogens with one attached hydrogen (secondary N) is 3. The predicted octanol–water partition coefficient (Wildman–Crippen LogP) is 5.82. The Kier molecular flexibility index (Phi) is 12.1. The average Bonchev–Trinajstić information content (AvgIpc) is 3.37. The quantitative estimate of drug-likeness (QED) is 0.123. The van der Waals surface area contributed by atoms with Crippen LogP contribution in [0.1, 0.15) is 50.2 Å². The Morgan fingerprint density at radius 1 is 1.08 bits per heavy atom. The SMILES string of the molecule is CCOP(NC(Cc1ccc(OCCCCC2CCNCC2)cc1)C(=O)O)OCCc1c[nH]c2ccccc12. The summed E-state index contributed by atoms with van der Waals surface area (Å²) in [6.07, 6.45) is 9.13. The summed E-state index contributed by atoms with van der Waals surface area (Å²) < 4.78 is 17.6. The van der Waals surface area contributed by atoms with E-state index in [0.717, 1.165) is 47.8 Å². The number of aromatic nitrogens is 1. The number of fused-ring (bicyclic) bond motifs is 1. The standard InChI is InChI=1S/C30H42N3O5P/c1-2-37-39(38-20-16-25-22-32-28-9-4-3-8-27(25)28)33-29(30(34)35)21-24-10-12-26(13-11-24)36-19-6-5-7-23-14-17-31-18-15-23/h3-4,8-13,22-23,29,31-33H,2,5-7,14-21H2,1H3,(H,34,35). The van der Waals surface area contributed by atoms with Gasteiger partial charge in [0.05, 0.1) is 19.8 Å². The Labute approximate surface area is 232 Å². The molecule has 9 heteroatoms. The highest BCUT2D eigenvalue weighted by molar-refractivity contribution is 7.45. The lowest BCUT2D eigenvalue weighted by molar-refractivity contribution is -0.139. The lowest BCUT2D eigenvalue weighted by Gasteiger charge is -2.22. The van der Waals surface area contributed by atoms with Crippen LogP contribution in [0.5, 0.6) is 5.75 Å². The number of benzene rings is 2. The first kappa shape index (κ1) is 29.5. The molecule has 1 aliphatic heterocycles. The van der Waals surface area contributed by atoms with Gasteiger partial charge in [0, 0.05) is 17.1 Å². The van der Waals surface area contributed by atoms with Crippen molar-refractivity contribution in [2.24, 2.45) is 5.92 Å². The number of hydrogen-bond acceptors (Lipinski definition) is 6. The third kappa shape index (κ3) is 9.59. The van der Waals surface area contributed by atoms with E-state index in [-0.39, 0.29) is 0 Å². The number of H-pyrrole nitrogens is 1. The molecule has 0 radical (unpaired) electrons. The molecule has 1 saturated heterocycles. The summed E-state index contributed by atoms with van der Waals surface area (Å²) in [5.41, 5.74) is 3.17. The van der Waals surface area contributed by atoms with E-state index in [4.69, 9.17) is 13.8 Å². The molecule has 2 heterocycles. The Bertz CT molecular complexity index is 1130. The molecule has 2 aromatic carbocycles. The van der Waals surface area contributed by atoms with Gasteiger partial charge in [0.2, 0.25) is 0 Å². The molecule has 3 aromatic rings. The zero-order chi connectivity index (χ0) is 27.3. The normalized spacial score (nSPS) is 15.8. The van der Waals surface area contributed by atoms with Crippen molar-refractivity contribution >= 4 is 25.4 Å². The van der Waals surface area contributed by atoms with Gasteiger partial charge in [-0.15, -0.1) is 0 Å². The fraction of sp³-hybridized carbons (Fsp3) is 0.500. The number of carboxylic acids is 1. The fourth-order valence-electron chi connectivity index (χ4n) is 4.97. The summed E-state index contributed by atoms with van der Waals surface area (Å²) in [4.78, 5) is 15.3. The minimum absolute atomic E-state index is 0.323. The molecule has 0 amide bonds. The Morgan fingerprint density at radius 2 is 1.87 bits per heavy atom. The van der Waals surface area contributed by atoms with Crippen molar-refractivity contribution in [2.75, 3.05) is 32.9 Å². The molecule has 4 rings (SSSR count). The first-order chi connectivity index (χ1) is 19.1. The topological polar surface area (TPSA) is 105 Å². The van der Waals surface area contributed by atoms with E-state index < -0.39 is 20.5 Å². The zero-order valence-corrected chi connectivity index (χ0v) is 23.8. The van der Waals surface area contributed by atoms with E-state index in [2.05, 4.69) is 21.5 Å². The summed E-state index contributed by atoms with van der Waals surface area (Å²) in [6, 6.07) is 15.0. The summed E-state index contributed by atoms with van der Waals surface area (Å²) in [7, 11) is -1.55. The van der Waals surface area contributed by atoms with Gasteiger partial charge in [-0.1, -0.05) is 36.8 Å². The minimum atomic E-state index is -1.55. The number of hydrogen-bond donors (Lipinski definition) is 4. The van der Waals surface area contributed by atoms with E-state index in [0.29, 0.717) is 32.7 Å². The van der Waals surface area contributed by atoms with Crippen LogP contribution in [-0.2, 0) is 26.7 Å². The van der Waals surface area contributed by atoms with E-state index in [1.54, 1.807) is 0 Å². The average molecular weight is 556 g/mol. The second-order valence-electron chi connectivity index (χ2n) is 10.0. The molecule has 2 atom stereocenters. The number of piperidine rings is 1. The molecule has 0 bridgehead atoms. The summed E-state index contributed by atoms with van der Waals surface area (Å²) in [5, 5.41) is 17.5. The van der Waals surface area contributed by atoms with E-state index in [9.17, 15) is 9.90 Å². The van der Waals surface area contributed by atoms with Gasteiger partial charge in [-0.05, 0) is 93.8 Å². The Balaban J connectivity index is 1.20. The van der Waals surface area contributed by atoms with Crippen molar-refractivity contribution in [3.05, 3.63) is 65.9 Å². The largest absolute Gasteiger partial charge is 0.494 e. The van der Waals surface area contributed by atoms with Crippen molar-refractivity contribution < 1.29 is 23.7 Å². The lowest BCUT2D eigenvalue weighted by atomic mass is 9.93. The van der Waals surface area contributed by atoms with Gasteiger partial charge in [0.1, 0.15) is 11.8 Å². The highest BCUT2D eigenvalue weighted by Crippen LogP contribution is 2.35. The lowest BCUT2D eigenvalue weighted by Crippen LogP contribution is -2.36. The molecule has 1 aromatic heterocycles. The number of rotatable bonds is 17. The molecule has 4 N–H and O–H groups in total. The van der Waals surface area contributed by atoms with E-state index >= 15 is 0 Å². The molecule has 0 aliphatic carbocycles. The van der Waals surface area contributed by atoms with Gasteiger partial charge in [0.25, 0.3) is 8.53 Å². The fourth-order valence-corrected chi connectivity index (χ4v) is 6.15. The zero-order valence-electron chi connectivity index (χ0n) is 22.9. The molecule has 0 spiro atoms. The van der Waals surface area contributed by atoms with Gasteiger partial charge >= 0.3 is 5.97 Å². The minimum Gasteiger partial charge on any atom is -0.494 e. The summed E-state index contributed by atoms with van der Waals surface area (Å²) in [6.45, 7) is 5.74. The molecule has 2 unspecified atom stereocenters. The maximum absolute atomic E-state index is 12.0. The number of para-hydroxylation sites is 1. The van der Waals surface area contributed by atoms with Gasteiger partial charge in [-0.3, -0.25) is 4.79 Å². The number of aromatic amines is 1. The van der Waals surface area contributed by atoms with Crippen molar-refractivity contribution in [2.45, 2.75) is 57.9 Å². The first-order valence-electron chi connectivity index (χ1n) is 14.1. The highest BCUT2D eigenvalue weighted by Gasteiger charge is 2.24. The molecule has 1 aliphatic rings. The van der Waals surface area contributed by atoms with Crippen molar-refractivity contribution in [1.82, 2.24) is 15.4 Å². The summed E-state index contributed by atoms with van der Waals surface area (Å²) in [5.74, 6) is 0.740. The van der Waals surface area contributed by atoms with E-state index in [1.807, 2.05) is 55.6 Å². The highest BCUT2D eigenvalue weighted by atomic mass is 31.2. The number of unbranched alkanes of at least 4 members (excludes halogenated alkanes) is 1. The maximum Gasteiger partial charge on any atom is 0.321 e. The molecule has 8 nitrogen and oxygen atoms in total. The van der Waals surface area contributed by atoms with Crippen molar-refractivity contribution in [3.8, 4) is 5.75 Å². The monoisotopic (exact) mass is 555 g/mol. The number of carbonyl (C=O) groups is 1. The second-order valence-corrected chi connectivity index (χ2v) is 11.3. The van der Waals surface area contributed by atoms with Gasteiger partial charge < -0.3 is 29.2 Å². The molecule has 0 saturated carbocycles. The van der Waals surface area contributed by atoms with E-state index in [1.165, 1.54) is 31.1 Å². The number of aliphatic carboxylic acids is 1. The molecular formula is C30H42N3O5P. The maximum atomic E-state index is 12.0. The van der Waals surface area contributed by atoms with Gasteiger partial charge in [0.15, 0.2) is 0 Å². The first-order valence-corrected chi connectivity index (χ1v) is 15.3. The Hall–Kier alpha value is -2.48. The van der Waals surface area contributed by atoms with Crippen LogP contribution in [0, 0.1) is 5.92 Å². The van der Waals surface area contributed by atoms with Gasteiger partial charge in [-0.2, -0.15) is 0 Å². The predicted molar refractivity (Wildman–Crippen MR) is 156 cm³/mol. The van der Waals surface area contributed by atoms with Crippen LogP contribution in [0.15, 0.2) is 54.7 Å². The van der Waals surface area contributed by atoms with Crippen LogP contribution in [0.4, 0.5) is 0 Å². The molecular weight excluding hydrogens is 513 g/mol. The number of carboxylic acid groups (broad SMARTS) is 1. The molecule has 39 heavy (non-hydrogen) atoms. The van der Waals surface area contributed by atoms with Crippen LogP contribution in [0.25, 0.3) is 10.9 Å². The number of ether oxygens (including phenoxy) is 1. The third-order valence-corrected chi connectivity index (χ3v) is 8.59. The van der Waals surface area contributed by atoms with Gasteiger partial charge in [-0.25, -0.2) is 5.09 Å². The van der Waals surface area contributed by atoms with Crippen LogP contribution < -0.4 is 15.1 Å². The van der Waals surface area contributed by atoms with Crippen LogP contribution >= 0.6 is 8.53 Å². The molecule has 1 fully saturated rings. The third-order valence-electron chi connectivity index (χ3n) is 7.16. The van der Waals surface area contributed by atoms with Crippen LogP contribution in [0.2, 0.25) is 0 Å². The van der Waals surface area contributed by atoms with Crippen LogP contribution in [-0.4, -0.2) is 55.0 Å². The van der Waals surface area contributed by atoms with Crippen LogP contribution in [0.3, 0.4) is 0 Å².